The van der Waals surface area contributed by atoms with Crippen LogP contribution in [0.3, 0.4) is 0 Å². The average molecular weight is 322 g/mol. The standard InChI is InChI=1S/C16H24N3O4/c1-11(15(17)21)4-6-13(16(22)19-23)9-14(20)7-5-12-3-2-8-18-10-12/h2-3,7-8,10-11,13-14,20,23H,4-6,9H2,1H3,(H2,17,21)(H,19,22). The maximum Gasteiger partial charge on any atom is 0.246 e. The Bertz CT molecular complexity index is 495. The summed E-state index contributed by atoms with van der Waals surface area (Å²) in [5, 5.41) is 18.9. The lowest BCUT2D eigenvalue weighted by Gasteiger charge is -2.19. The van der Waals surface area contributed by atoms with E-state index in [1.54, 1.807) is 31.2 Å². The molecule has 0 saturated carbocycles. The number of carbonyl (C=O) groups is 2. The third-order valence-corrected chi connectivity index (χ3v) is 3.79. The molecule has 127 valence electrons. The van der Waals surface area contributed by atoms with E-state index in [-0.39, 0.29) is 12.3 Å². The molecule has 1 aromatic heterocycles. The van der Waals surface area contributed by atoms with Crippen molar-refractivity contribution in [3.05, 3.63) is 36.5 Å². The first kappa shape index (κ1) is 19.1. The van der Waals surface area contributed by atoms with E-state index in [0.29, 0.717) is 19.3 Å². The minimum Gasteiger partial charge on any atom is -0.393 e. The number of hydrogen-bond acceptors (Lipinski definition) is 5. The van der Waals surface area contributed by atoms with Gasteiger partial charge in [0.2, 0.25) is 11.8 Å². The Morgan fingerprint density at radius 1 is 1.43 bits per heavy atom. The largest absolute Gasteiger partial charge is 0.393 e. The van der Waals surface area contributed by atoms with E-state index in [2.05, 4.69) is 4.98 Å². The Hall–Kier alpha value is -1.99. The number of aliphatic hydroxyl groups is 1. The number of carbonyl (C=O) groups excluding carboxylic acids is 2. The zero-order valence-electron chi connectivity index (χ0n) is 13.2. The molecule has 5 N–H and O–H groups in total. The lowest BCUT2D eigenvalue weighted by atomic mass is 9.90. The van der Waals surface area contributed by atoms with Gasteiger partial charge in [-0.25, -0.2) is 5.48 Å². The predicted molar refractivity (Wildman–Crippen MR) is 83.9 cm³/mol. The van der Waals surface area contributed by atoms with Gasteiger partial charge in [0, 0.05) is 24.2 Å². The van der Waals surface area contributed by atoms with Crippen LogP contribution in [0.15, 0.2) is 24.5 Å². The summed E-state index contributed by atoms with van der Waals surface area (Å²) in [5.41, 5.74) is 7.76. The number of primary amides is 1. The third-order valence-electron chi connectivity index (χ3n) is 3.79. The second-order valence-electron chi connectivity index (χ2n) is 5.66. The first-order valence-corrected chi connectivity index (χ1v) is 7.57. The van der Waals surface area contributed by atoms with Crippen LogP contribution in [0.2, 0.25) is 0 Å². The molecule has 23 heavy (non-hydrogen) atoms. The highest BCUT2D eigenvalue weighted by Gasteiger charge is 2.23. The molecule has 0 aliphatic carbocycles. The molecule has 3 unspecified atom stereocenters. The van der Waals surface area contributed by atoms with Crippen molar-refractivity contribution in [2.75, 3.05) is 0 Å². The Morgan fingerprint density at radius 2 is 2.17 bits per heavy atom. The van der Waals surface area contributed by atoms with Crippen molar-refractivity contribution >= 4 is 11.8 Å². The molecule has 1 aromatic rings. The fourth-order valence-corrected chi connectivity index (χ4v) is 2.22. The summed E-state index contributed by atoms with van der Waals surface area (Å²) in [6.45, 7) is 1.68. The van der Waals surface area contributed by atoms with Crippen molar-refractivity contribution in [1.29, 1.82) is 0 Å². The lowest BCUT2D eigenvalue weighted by Crippen LogP contribution is -2.32. The number of aromatic nitrogens is 1. The van der Waals surface area contributed by atoms with Gasteiger partial charge >= 0.3 is 0 Å². The maximum absolute atomic E-state index is 11.7. The van der Waals surface area contributed by atoms with E-state index < -0.39 is 23.8 Å². The third kappa shape index (κ3) is 7.21. The molecule has 0 spiro atoms. The maximum atomic E-state index is 11.7. The van der Waals surface area contributed by atoms with Gasteiger partial charge in [-0.05, 0) is 43.7 Å². The molecule has 1 radical (unpaired) electrons. The van der Waals surface area contributed by atoms with Crippen molar-refractivity contribution in [1.82, 2.24) is 10.5 Å². The summed E-state index contributed by atoms with van der Waals surface area (Å²) in [6.07, 6.45) is 5.72. The number of amides is 2. The van der Waals surface area contributed by atoms with Gasteiger partial charge in [-0.15, -0.1) is 0 Å². The average Bonchev–Trinajstić information content (AvgIpc) is 2.56. The second kappa shape index (κ2) is 9.91. The van der Waals surface area contributed by atoms with Crippen molar-refractivity contribution in [2.24, 2.45) is 17.6 Å². The zero-order chi connectivity index (χ0) is 17.2. The van der Waals surface area contributed by atoms with Crippen LogP contribution in [0.25, 0.3) is 0 Å². The Labute approximate surface area is 135 Å². The molecule has 1 heterocycles. The summed E-state index contributed by atoms with van der Waals surface area (Å²) in [6, 6.07) is 3.70. The molecular weight excluding hydrogens is 298 g/mol. The first-order valence-electron chi connectivity index (χ1n) is 7.57. The summed E-state index contributed by atoms with van der Waals surface area (Å²) >= 11 is 0. The van der Waals surface area contributed by atoms with Gasteiger partial charge in [-0.1, -0.05) is 13.0 Å². The molecular formula is C16H24N3O4. The van der Waals surface area contributed by atoms with Gasteiger partial charge in [-0.2, -0.15) is 0 Å². The summed E-state index contributed by atoms with van der Waals surface area (Å²) in [4.78, 5) is 26.7. The highest BCUT2D eigenvalue weighted by molar-refractivity contribution is 5.78. The molecule has 7 nitrogen and oxygen atoms in total. The molecule has 2 amide bonds. The molecule has 0 saturated heterocycles. The molecule has 0 aliphatic heterocycles. The summed E-state index contributed by atoms with van der Waals surface area (Å²) in [5.74, 6) is -1.96. The molecule has 3 atom stereocenters. The Kier molecular flexibility index (Phi) is 8.21. The number of hydrogen-bond donors (Lipinski definition) is 4. The van der Waals surface area contributed by atoms with E-state index in [1.165, 1.54) is 0 Å². The van der Waals surface area contributed by atoms with E-state index >= 15 is 0 Å². The van der Waals surface area contributed by atoms with Crippen molar-refractivity contribution in [3.63, 3.8) is 0 Å². The molecule has 7 heteroatoms. The van der Waals surface area contributed by atoms with Crippen LogP contribution in [0.1, 0.15) is 31.7 Å². The van der Waals surface area contributed by atoms with Gasteiger partial charge in [-0.3, -0.25) is 19.8 Å². The highest BCUT2D eigenvalue weighted by atomic mass is 16.5. The molecule has 0 aromatic carbocycles. The van der Waals surface area contributed by atoms with Gasteiger partial charge in [0.25, 0.3) is 0 Å². The van der Waals surface area contributed by atoms with Gasteiger partial charge < -0.3 is 10.8 Å². The van der Waals surface area contributed by atoms with Crippen LogP contribution < -0.4 is 11.2 Å². The van der Waals surface area contributed by atoms with Gasteiger partial charge in [0.15, 0.2) is 0 Å². The predicted octanol–water partition coefficient (Wildman–Crippen LogP) is 0.603. The van der Waals surface area contributed by atoms with Crippen LogP contribution in [0, 0.1) is 18.3 Å². The second-order valence-corrected chi connectivity index (χ2v) is 5.66. The number of nitrogens with zero attached hydrogens (tertiary/aromatic N) is 1. The smallest absolute Gasteiger partial charge is 0.246 e. The van der Waals surface area contributed by atoms with Crippen LogP contribution in [-0.4, -0.2) is 33.2 Å². The Balaban J connectivity index is 2.48. The number of hydroxylamine groups is 1. The molecule has 0 fully saturated rings. The SMILES string of the molecule is CC(CCC(CC(O)[CH]Cc1cccnc1)C(=O)NO)C(N)=O. The van der Waals surface area contributed by atoms with Crippen molar-refractivity contribution in [3.8, 4) is 0 Å². The fourth-order valence-electron chi connectivity index (χ4n) is 2.22. The summed E-state index contributed by atoms with van der Waals surface area (Å²) < 4.78 is 0. The van der Waals surface area contributed by atoms with Crippen LogP contribution in [0.4, 0.5) is 0 Å². The van der Waals surface area contributed by atoms with E-state index in [9.17, 15) is 14.7 Å². The lowest BCUT2D eigenvalue weighted by molar-refractivity contribution is -0.135. The van der Waals surface area contributed by atoms with Gasteiger partial charge in [0.1, 0.15) is 0 Å². The fraction of sp³-hybridized carbons (Fsp3) is 0.500. The minimum atomic E-state index is -0.804. The normalized spacial score (nSPS) is 14.7. The molecule has 1 rings (SSSR count). The highest BCUT2D eigenvalue weighted by Crippen LogP contribution is 2.19. The number of rotatable bonds is 10. The quantitative estimate of drug-likeness (QED) is 0.371. The number of pyridine rings is 1. The minimum absolute atomic E-state index is 0.165. The molecule has 0 bridgehead atoms. The zero-order valence-corrected chi connectivity index (χ0v) is 13.2. The van der Waals surface area contributed by atoms with Crippen molar-refractivity contribution in [2.45, 2.75) is 38.7 Å². The first-order chi connectivity index (χ1) is 10.9. The Morgan fingerprint density at radius 3 is 2.74 bits per heavy atom. The van der Waals surface area contributed by atoms with Gasteiger partial charge in [0.05, 0.1) is 6.10 Å². The van der Waals surface area contributed by atoms with Crippen molar-refractivity contribution < 1.29 is 19.9 Å². The number of aliphatic hydroxyl groups excluding tert-OH is 1. The van der Waals surface area contributed by atoms with Crippen LogP contribution in [-0.2, 0) is 16.0 Å². The molecule has 0 aliphatic rings. The van der Waals surface area contributed by atoms with Crippen LogP contribution >= 0.6 is 0 Å². The van der Waals surface area contributed by atoms with E-state index in [0.717, 1.165) is 5.56 Å². The van der Waals surface area contributed by atoms with E-state index in [4.69, 9.17) is 10.9 Å². The number of nitrogens with two attached hydrogens (primary N) is 1. The van der Waals surface area contributed by atoms with Crippen LogP contribution in [0.5, 0.6) is 0 Å². The number of nitrogens with one attached hydrogen (secondary N) is 1. The van der Waals surface area contributed by atoms with E-state index in [1.807, 2.05) is 12.1 Å². The summed E-state index contributed by atoms with van der Waals surface area (Å²) in [7, 11) is 0. The topological polar surface area (TPSA) is 126 Å². The monoisotopic (exact) mass is 322 g/mol.